The third kappa shape index (κ3) is 2.56. The van der Waals surface area contributed by atoms with Gasteiger partial charge in [0.05, 0.1) is 22.4 Å². The average Bonchev–Trinajstić information content (AvgIpc) is 3.37. The molecule has 2 saturated carbocycles. The topological polar surface area (TPSA) is 92.6 Å². The second-order valence-electron chi connectivity index (χ2n) is 8.45. The number of imide groups is 1. The van der Waals surface area contributed by atoms with Crippen LogP contribution in [0.1, 0.15) is 38.5 Å². The van der Waals surface area contributed by atoms with Gasteiger partial charge in [0.1, 0.15) is 5.69 Å². The van der Waals surface area contributed by atoms with Crippen molar-refractivity contribution in [3.8, 4) is 0 Å². The summed E-state index contributed by atoms with van der Waals surface area (Å²) in [6.07, 6.45) is 10.4. The molecular formula is C21H23N3O4. The first-order chi connectivity index (χ1) is 13.5. The number of benzene rings is 1. The standard InChI is InChI=1S/C21H23N3O4/c25-20-18-12-6-7-13(10-12)19(18)21(26)23(20)15-8-9-16(17(11-15)24(27)28)22-14-4-2-1-3-5-14/h6-9,11-14,18-19,22H,1-5,10H2/t12-,13-,18-,19+/m0/s1. The summed E-state index contributed by atoms with van der Waals surface area (Å²) in [5, 5.41) is 15.0. The number of nitro groups is 1. The highest BCUT2D eigenvalue weighted by atomic mass is 16.6. The molecule has 3 aliphatic carbocycles. The van der Waals surface area contributed by atoms with Crippen molar-refractivity contribution in [1.29, 1.82) is 0 Å². The highest BCUT2D eigenvalue weighted by molar-refractivity contribution is 6.23. The van der Waals surface area contributed by atoms with Gasteiger partial charge in [-0.3, -0.25) is 19.7 Å². The lowest BCUT2D eigenvalue weighted by Crippen LogP contribution is -2.33. The van der Waals surface area contributed by atoms with Gasteiger partial charge in [0.2, 0.25) is 11.8 Å². The molecule has 5 rings (SSSR count). The van der Waals surface area contributed by atoms with Crippen LogP contribution in [-0.4, -0.2) is 22.8 Å². The largest absolute Gasteiger partial charge is 0.377 e. The van der Waals surface area contributed by atoms with Gasteiger partial charge in [0.15, 0.2) is 0 Å². The zero-order valence-corrected chi connectivity index (χ0v) is 15.5. The van der Waals surface area contributed by atoms with Crippen LogP contribution in [0, 0.1) is 33.8 Å². The number of nitrogens with one attached hydrogen (secondary N) is 1. The molecule has 7 heteroatoms. The summed E-state index contributed by atoms with van der Waals surface area (Å²) in [6, 6.07) is 4.90. The summed E-state index contributed by atoms with van der Waals surface area (Å²) < 4.78 is 0. The molecule has 2 bridgehead atoms. The van der Waals surface area contributed by atoms with E-state index in [0.29, 0.717) is 11.4 Å². The summed E-state index contributed by atoms with van der Waals surface area (Å²) in [7, 11) is 0. The van der Waals surface area contributed by atoms with Crippen molar-refractivity contribution < 1.29 is 14.5 Å². The number of hydrogen-bond acceptors (Lipinski definition) is 5. The second kappa shape index (κ2) is 6.43. The number of nitrogens with zero attached hydrogens (tertiary/aromatic N) is 2. The van der Waals surface area contributed by atoms with Crippen molar-refractivity contribution in [3.05, 3.63) is 40.5 Å². The van der Waals surface area contributed by atoms with Crippen molar-refractivity contribution in [2.75, 3.05) is 10.2 Å². The Kier molecular flexibility index (Phi) is 4.00. The summed E-state index contributed by atoms with van der Waals surface area (Å²) in [5.41, 5.74) is 0.688. The first-order valence-corrected chi connectivity index (χ1v) is 10.2. The predicted molar refractivity (Wildman–Crippen MR) is 104 cm³/mol. The predicted octanol–water partition coefficient (Wildman–Crippen LogP) is 3.65. The molecule has 146 valence electrons. The molecule has 1 heterocycles. The van der Waals surface area contributed by atoms with Gasteiger partial charge in [-0.1, -0.05) is 31.4 Å². The molecule has 0 unspecified atom stereocenters. The van der Waals surface area contributed by atoms with E-state index >= 15 is 0 Å². The molecule has 3 fully saturated rings. The lowest BCUT2D eigenvalue weighted by molar-refractivity contribution is -0.383. The van der Waals surface area contributed by atoms with E-state index < -0.39 is 4.92 Å². The van der Waals surface area contributed by atoms with Crippen LogP contribution in [0.5, 0.6) is 0 Å². The van der Waals surface area contributed by atoms with Crippen LogP contribution in [0.4, 0.5) is 17.1 Å². The number of allylic oxidation sites excluding steroid dienone is 2. The molecule has 2 amide bonds. The maximum Gasteiger partial charge on any atom is 0.294 e. The fourth-order valence-corrected chi connectivity index (χ4v) is 5.56. The van der Waals surface area contributed by atoms with E-state index in [4.69, 9.17) is 0 Å². The van der Waals surface area contributed by atoms with Crippen LogP contribution < -0.4 is 10.2 Å². The Morgan fingerprint density at radius 2 is 1.64 bits per heavy atom. The number of amides is 2. The lowest BCUT2D eigenvalue weighted by atomic mass is 9.85. The van der Waals surface area contributed by atoms with Crippen molar-refractivity contribution in [1.82, 2.24) is 0 Å². The van der Waals surface area contributed by atoms with Gasteiger partial charge in [0.25, 0.3) is 5.69 Å². The van der Waals surface area contributed by atoms with Crippen molar-refractivity contribution >= 4 is 28.9 Å². The molecular weight excluding hydrogens is 358 g/mol. The highest BCUT2D eigenvalue weighted by Crippen LogP contribution is 2.53. The first-order valence-electron chi connectivity index (χ1n) is 10.2. The zero-order valence-electron chi connectivity index (χ0n) is 15.5. The number of carbonyl (C=O) groups is 2. The normalized spacial score (nSPS) is 31.5. The van der Waals surface area contributed by atoms with Crippen molar-refractivity contribution in [2.24, 2.45) is 23.7 Å². The zero-order chi connectivity index (χ0) is 19.4. The van der Waals surface area contributed by atoms with E-state index in [-0.39, 0.29) is 47.2 Å². The minimum atomic E-state index is -0.439. The molecule has 1 aromatic rings. The maximum atomic E-state index is 13.0. The molecule has 28 heavy (non-hydrogen) atoms. The van der Waals surface area contributed by atoms with Gasteiger partial charge in [-0.05, 0) is 43.2 Å². The molecule has 0 radical (unpaired) electrons. The second-order valence-corrected chi connectivity index (χ2v) is 8.45. The van der Waals surface area contributed by atoms with E-state index in [9.17, 15) is 19.7 Å². The Hall–Kier alpha value is -2.70. The third-order valence-corrected chi connectivity index (χ3v) is 6.87. The van der Waals surface area contributed by atoms with Crippen LogP contribution in [0.2, 0.25) is 0 Å². The monoisotopic (exact) mass is 381 g/mol. The molecule has 1 saturated heterocycles. The first kappa shape index (κ1) is 17.4. The van der Waals surface area contributed by atoms with Gasteiger partial charge in [-0.25, -0.2) is 4.90 Å². The van der Waals surface area contributed by atoms with Gasteiger partial charge in [-0.15, -0.1) is 0 Å². The molecule has 4 atom stereocenters. The number of anilines is 2. The van der Waals surface area contributed by atoms with Gasteiger partial charge >= 0.3 is 0 Å². The number of carbonyl (C=O) groups excluding carboxylic acids is 2. The van der Waals surface area contributed by atoms with Crippen LogP contribution in [0.25, 0.3) is 0 Å². The summed E-state index contributed by atoms with van der Waals surface area (Å²) >= 11 is 0. The molecule has 7 nitrogen and oxygen atoms in total. The maximum absolute atomic E-state index is 13.0. The molecule has 0 spiro atoms. The van der Waals surface area contributed by atoms with E-state index in [1.807, 2.05) is 12.2 Å². The molecule has 1 N–H and O–H groups in total. The summed E-state index contributed by atoms with van der Waals surface area (Å²) in [6.45, 7) is 0. The molecule has 1 aliphatic heterocycles. The van der Waals surface area contributed by atoms with Crippen LogP contribution in [-0.2, 0) is 9.59 Å². The Morgan fingerprint density at radius 1 is 1.00 bits per heavy atom. The van der Waals surface area contributed by atoms with E-state index in [1.165, 1.54) is 17.4 Å². The molecule has 4 aliphatic rings. The highest BCUT2D eigenvalue weighted by Gasteiger charge is 2.59. The lowest BCUT2D eigenvalue weighted by Gasteiger charge is -2.24. The number of rotatable bonds is 4. The van der Waals surface area contributed by atoms with Crippen LogP contribution in [0.15, 0.2) is 30.4 Å². The van der Waals surface area contributed by atoms with E-state index in [0.717, 1.165) is 32.1 Å². The Balaban J connectivity index is 1.44. The minimum absolute atomic E-state index is 0.0816. The SMILES string of the molecule is O=C1[C@@H]2[C@H](C(=O)N1c1ccc(NC3CCCCC3)c([N+](=O)[O-])c1)[C@H]1C=C[C@H]2C1. The molecule has 1 aromatic carbocycles. The van der Waals surface area contributed by atoms with Crippen LogP contribution >= 0.6 is 0 Å². The molecule has 0 aromatic heterocycles. The van der Waals surface area contributed by atoms with Gasteiger partial charge in [0, 0.05) is 12.1 Å². The minimum Gasteiger partial charge on any atom is -0.377 e. The average molecular weight is 381 g/mol. The van der Waals surface area contributed by atoms with Gasteiger partial charge in [-0.2, -0.15) is 0 Å². The number of fused-ring (bicyclic) bond motifs is 5. The summed E-state index contributed by atoms with van der Waals surface area (Å²) in [5.74, 6) is -0.788. The number of nitro benzene ring substituents is 1. The fraction of sp³-hybridized carbons (Fsp3) is 0.524. The summed E-state index contributed by atoms with van der Waals surface area (Å²) in [4.78, 5) is 38.3. The van der Waals surface area contributed by atoms with E-state index in [2.05, 4.69) is 5.32 Å². The Bertz CT molecular complexity index is 860. The third-order valence-electron chi connectivity index (χ3n) is 6.87. The quantitative estimate of drug-likeness (QED) is 0.372. The Morgan fingerprint density at radius 3 is 2.25 bits per heavy atom. The Labute approximate surface area is 162 Å². The van der Waals surface area contributed by atoms with Crippen molar-refractivity contribution in [3.63, 3.8) is 0 Å². The van der Waals surface area contributed by atoms with Crippen LogP contribution in [0.3, 0.4) is 0 Å². The fourth-order valence-electron chi connectivity index (χ4n) is 5.56. The van der Waals surface area contributed by atoms with Crippen molar-refractivity contribution in [2.45, 2.75) is 44.6 Å². The van der Waals surface area contributed by atoms with Gasteiger partial charge < -0.3 is 5.32 Å². The smallest absolute Gasteiger partial charge is 0.294 e. The number of hydrogen-bond donors (Lipinski definition) is 1. The van der Waals surface area contributed by atoms with E-state index in [1.54, 1.807) is 12.1 Å².